The molecule has 0 saturated carbocycles. The van der Waals surface area contributed by atoms with Crippen LogP contribution >= 0.6 is 27.5 Å². The minimum atomic E-state index is -0.229. The fourth-order valence-electron chi connectivity index (χ4n) is 2.05. The van der Waals surface area contributed by atoms with Crippen LogP contribution in [0.25, 0.3) is 10.9 Å². The molecular weight excluding hydrogens is 354 g/mol. The summed E-state index contributed by atoms with van der Waals surface area (Å²) in [5.41, 5.74) is 8.39. The highest BCUT2D eigenvalue weighted by molar-refractivity contribution is 9.10. The van der Waals surface area contributed by atoms with Gasteiger partial charge in [0.05, 0.1) is 5.69 Å². The maximum atomic E-state index is 12.3. The van der Waals surface area contributed by atoms with Crippen LogP contribution in [-0.4, -0.2) is 10.9 Å². The minimum Gasteiger partial charge on any atom is -0.399 e. The molecule has 21 heavy (non-hydrogen) atoms. The molecular formula is C15H11BrClN3O. The molecule has 0 aliphatic rings. The average molecular weight is 365 g/mol. The summed E-state index contributed by atoms with van der Waals surface area (Å²) in [6.45, 7) is 0. The van der Waals surface area contributed by atoms with Crippen LogP contribution in [0.4, 0.5) is 11.4 Å². The molecule has 1 amide bonds. The van der Waals surface area contributed by atoms with Gasteiger partial charge in [0.15, 0.2) is 0 Å². The van der Waals surface area contributed by atoms with E-state index in [1.165, 1.54) is 0 Å². The number of aromatic nitrogens is 1. The Bertz CT molecular complexity index is 844. The van der Waals surface area contributed by atoms with Gasteiger partial charge in [-0.15, -0.1) is 0 Å². The Morgan fingerprint density at radius 1 is 1.19 bits per heavy atom. The van der Waals surface area contributed by atoms with Crippen molar-refractivity contribution < 1.29 is 4.79 Å². The van der Waals surface area contributed by atoms with Crippen LogP contribution in [0.3, 0.4) is 0 Å². The van der Waals surface area contributed by atoms with E-state index in [0.717, 1.165) is 15.4 Å². The number of amides is 1. The van der Waals surface area contributed by atoms with Gasteiger partial charge in [0, 0.05) is 26.1 Å². The molecule has 0 unspecified atom stereocenters. The molecule has 0 aliphatic heterocycles. The molecule has 1 heterocycles. The van der Waals surface area contributed by atoms with Crippen LogP contribution in [-0.2, 0) is 0 Å². The SMILES string of the molecule is Nc1ccc2[nH]c(C(=O)Nc3ccc(Cl)cc3Br)cc2c1. The Balaban J connectivity index is 1.89. The van der Waals surface area contributed by atoms with E-state index in [4.69, 9.17) is 17.3 Å². The fourth-order valence-corrected chi connectivity index (χ4v) is 2.84. The van der Waals surface area contributed by atoms with Crippen LogP contribution < -0.4 is 11.1 Å². The molecule has 6 heteroatoms. The standard InChI is InChI=1S/C15H11BrClN3O/c16-11-7-9(17)1-3-13(11)20-15(21)14-6-8-5-10(18)2-4-12(8)19-14/h1-7,19H,18H2,(H,20,21). The van der Waals surface area contributed by atoms with Gasteiger partial charge < -0.3 is 16.0 Å². The molecule has 3 aromatic rings. The number of hydrogen-bond acceptors (Lipinski definition) is 2. The lowest BCUT2D eigenvalue weighted by Gasteiger charge is -2.06. The molecule has 0 saturated heterocycles. The second-order valence-corrected chi connectivity index (χ2v) is 5.90. The largest absolute Gasteiger partial charge is 0.399 e. The average Bonchev–Trinajstić information content (AvgIpc) is 2.85. The number of nitrogen functional groups attached to an aromatic ring is 1. The van der Waals surface area contributed by atoms with Crippen LogP contribution in [0.2, 0.25) is 5.02 Å². The Morgan fingerprint density at radius 2 is 2.00 bits per heavy atom. The Labute approximate surface area is 134 Å². The number of anilines is 2. The van der Waals surface area contributed by atoms with Crippen molar-refractivity contribution in [2.24, 2.45) is 0 Å². The highest BCUT2D eigenvalue weighted by Crippen LogP contribution is 2.26. The molecule has 0 radical (unpaired) electrons. The predicted molar refractivity (Wildman–Crippen MR) is 89.8 cm³/mol. The van der Waals surface area contributed by atoms with Crippen molar-refractivity contribution in [3.8, 4) is 0 Å². The molecule has 2 aromatic carbocycles. The second kappa shape index (κ2) is 5.42. The molecule has 3 rings (SSSR count). The van der Waals surface area contributed by atoms with E-state index in [1.54, 1.807) is 30.3 Å². The normalized spacial score (nSPS) is 10.8. The second-order valence-electron chi connectivity index (χ2n) is 4.61. The number of nitrogens with two attached hydrogens (primary N) is 1. The van der Waals surface area contributed by atoms with Crippen molar-refractivity contribution in [1.82, 2.24) is 4.98 Å². The number of carbonyl (C=O) groups is 1. The summed E-state index contributed by atoms with van der Waals surface area (Å²) in [4.78, 5) is 15.3. The summed E-state index contributed by atoms with van der Waals surface area (Å²) < 4.78 is 0.726. The maximum absolute atomic E-state index is 12.3. The number of rotatable bonds is 2. The zero-order chi connectivity index (χ0) is 15.0. The molecule has 0 aliphatic carbocycles. The smallest absolute Gasteiger partial charge is 0.272 e. The molecule has 106 valence electrons. The van der Waals surface area contributed by atoms with Gasteiger partial charge in [-0.2, -0.15) is 0 Å². The van der Waals surface area contributed by atoms with Crippen LogP contribution in [0.1, 0.15) is 10.5 Å². The first-order chi connectivity index (χ1) is 10.0. The summed E-state index contributed by atoms with van der Waals surface area (Å²) in [6.07, 6.45) is 0. The van der Waals surface area contributed by atoms with Gasteiger partial charge in [0.25, 0.3) is 5.91 Å². The fraction of sp³-hybridized carbons (Fsp3) is 0. The van der Waals surface area contributed by atoms with Gasteiger partial charge in [0.1, 0.15) is 5.69 Å². The van der Waals surface area contributed by atoms with Crippen molar-refractivity contribution in [3.05, 3.63) is 57.7 Å². The van der Waals surface area contributed by atoms with E-state index in [-0.39, 0.29) is 5.91 Å². The lowest BCUT2D eigenvalue weighted by Crippen LogP contribution is -2.12. The quantitative estimate of drug-likeness (QED) is 0.589. The maximum Gasteiger partial charge on any atom is 0.272 e. The molecule has 0 bridgehead atoms. The van der Waals surface area contributed by atoms with E-state index in [1.807, 2.05) is 12.1 Å². The van der Waals surface area contributed by atoms with Gasteiger partial charge in [-0.3, -0.25) is 4.79 Å². The zero-order valence-corrected chi connectivity index (χ0v) is 13.1. The number of hydrogen-bond donors (Lipinski definition) is 3. The van der Waals surface area contributed by atoms with Crippen LogP contribution in [0.5, 0.6) is 0 Å². The van der Waals surface area contributed by atoms with Crippen molar-refractivity contribution in [2.75, 3.05) is 11.1 Å². The lowest BCUT2D eigenvalue weighted by atomic mass is 10.2. The first-order valence-corrected chi connectivity index (χ1v) is 7.35. The lowest BCUT2D eigenvalue weighted by molar-refractivity contribution is 0.102. The summed E-state index contributed by atoms with van der Waals surface area (Å²) in [7, 11) is 0. The predicted octanol–water partition coefficient (Wildman–Crippen LogP) is 4.42. The van der Waals surface area contributed by atoms with Gasteiger partial charge in [-0.05, 0) is 58.4 Å². The summed E-state index contributed by atoms with van der Waals surface area (Å²) in [5, 5.41) is 4.32. The Hall–Kier alpha value is -1.98. The van der Waals surface area contributed by atoms with Gasteiger partial charge in [0.2, 0.25) is 0 Å². The third-order valence-electron chi connectivity index (χ3n) is 3.07. The number of fused-ring (bicyclic) bond motifs is 1. The molecule has 0 fully saturated rings. The molecule has 4 nitrogen and oxygen atoms in total. The monoisotopic (exact) mass is 363 g/mol. The highest BCUT2D eigenvalue weighted by Gasteiger charge is 2.11. The highest BCUT2D eigenvalue weighted by atomic mass is 79.9. The minimum absolute atomic E-state index is 0.229. The van der Waals surface area contributed by atoms with E-state index in [0.29, 0.717) is 22.1 Å². The van der Waals surface area contributed by atoms with Gasteiger partial charge in [-0.25, -0.2) is 0 Å². The zero-order valence-electron chi connectivity index (χ0n) is 10.8. The van der Waals surface area contributed by atoms with E-state index in [2.05, 4.69) is 26.2 Å². The first-order valence-electron chi connectivity index (χ1n) is 6.17. The summed E-state index contributed by atoms with van der Waals surface area (Å²) in [6, 6.07) is 12.4. The number of H-pyrrole nitrogens is 1. The van der Waals surface area contributed by atoms with E-state index in [9.17, 15) is 4.79 Å². The van der Waals surface area contributed by atoms with Crippen molar-refractivity contribution in [3.63, 3.8) is 0 Å². The number of halogens is 2. The molecule has 4 N–H and O–H groups in total. The third-order valence-corrected chi connectivity index (χ3v) is 3.96. The van der Waals surface area contributed by atoms with Crippen molar-refractivity contribution in [1.29, 1.82) is 0 Å². The van der Waals surface area contributed by atoms with Crippen molar-refractivity contribution >= 4 is 55.7 Å². The van der Waals surface area contributed by atoms with E-state index >= 15 is 0 Å². The third kappa shape index (κ3) is 2.89. The molecule has 0 atom stereocenters. The Morgan fingerprint density at radius 3 is 2.76 bits per heavy atom. The number of aromatic amines is 1. The molecule has 1 aromatic heterocycles. The summed E-state index contributed by atoms with van der Waals surface area (Å²) in [5.74, 6) is -0.229. The number of benzene rings is 2. The number of carbonyl (C=O) groups excluding carboxylic acids is 1. The van der Waals surface area contributed by atoms with E-state index < -0.39 is 0 Å². The van der Waals surface area contributed by atoms with Crippen LogP contribution in [0.15, 0.2) is 46.9 Å². The van der Waals surface area contributed by atoms with Gasteiger partial charge in [-0.1, -0.05) is 11.6 Å². The first kappa shape index (κ1) is 14.0. The van der Waals surface area contributed by atoms with Crippen molar-refractivity contribution in [2.45, 2.75) is 0 Å². The topological polar surface area (TPSA) is 70.9 Å². The summed E-state index contributed by atoms with van der Waals surface area (Å²) >= 11 is 9.24. The van der Waals surface area contributed by atoms with Gasteiger partial charge >= 0.3 is 0 Å². The van der Waals surface area contributed by atoms with Crippen LogP contribution in [0, 0.1) is 0 Å². The Kier molecular flexibility index (Phi) is 3.61. The molecule has 0 spiro atoms. The number of nitrogens with one attached hydrogen (secondary N) is 2.